The Kier molecular flexibility index (Phi) is 6.13. The standard InChI is InChI=1S/C22H24N4O3S/c1-29-21(27)14-18(16-7-3-2-4-8-16)23-22(28)25-10-6-11-26-17(15-25)13-19(24-26)20-9-5-12-30-20/h2-5,7-9,12-13,18H,6,10-11,14-15H2,1H3,(H,23,28). The molecule has 2 aromatic heterocycles. The third-order valence-corrected chi connectivity index (χ3v) is 6.07. The van der Waals surface area contributed by atoms with E-state index in [1.165, 1.54) is 7.11 Å². The van der Waals surface area contributed by atoms with Gasteiger partial charge in [0.2, 0.25) is 0 Å². The lowest BCUT2D eigenvalue weighted by Gasteiger charge is -2.25. The van der Waals surface area contributed by atoms with Gasteiger partial charge in [0, 0.05) is 13.1 Å². The molecule has 0 radical (unpaired) electrons. The number of methoxy groups -OCH3 is 1. The van der Waals surface area contributed by atoms with Gasteiger partial charge in [-0.3, -0.25) is 9.48 Å². The lowest BCUT2D eigenvalue weighted by Crippen LogP contribution is -2.42. The van der Waals surface area contributed by atoms with Gasteiger partial charge >= 0.3 is 12.0 Å². The summed E-state index contributed by atoms with van der Waals surface area (Å²) in [5.41, 5.74) is 2.82. The van der Waals surface area contributed by atoms with Crippen LogP contribution in [0.2, 0.25) is 0 Å². The molecule has 30 heavy (non-hydrogen) atoms. The van der Waals surface area contributed by atoms with Gasteiger partial charge in [-0.15, -0.1) is 11.3 Å². The van der Waals surface area contributed by atoms with Crippen molar-refractivity contribution < 1.29 is 14.3 Å². The molecule has 1 N–H and O–H groups in total. The van der Waals surface area contributed by atoms with Gasteiger partial charge in [0.05, 0.1) is 36.7 Å². The van der Waals surface area contributed by atoms with Gasteiger partial charge in [0.15, 0.2) is 0 Å². The Hall–Kier alpha value is -3.13. The summed E-state index contributed by atoms with van der Waals surface area (Å²) in [6, 6.07) is 15.0. The number of ether oxygens (including phenoxy) is 1. The summed E-state index contributed by atoms with van der Waals surface area (Å²) in [4.78, 5) is 27.9. The molecule has 1 aliphatic heterocycles. The first-order valence-electron chi connectivity index (χ1n) is 9.92. The van der Waals surface area contributed by atoms with Gasteiger partial charge in [-0.05, 0) is 29.5 Å². The Morgan fingerprint density at radius 2 is 2.03 bits per heavy atom. The molecule has 0 aliphatic carbocycles. The van der Waals surface area contributed by atoms with Crippen LogP contribution in [0.3, 0.4) is 0 Å². The number of thiophene rings is 1. The molecule has 4 rings (SSSR count). The predicted molar refractivity (Wildman–Crippen MR) is 115 cm³/mol. The molecule has 1 unspecified atom stereocenters. The number of fused-ring (bicyclic) bond motifs is 1. The van der Waals surface area contributed by atoms with Crippen molar-refractivity contribution in [2.24, 2.45) is 0 Å². The number of carbonyl (C=O) groups excluding carboxylic acids is 2. The maximum Gasteiger partial charge on any atom is 0.318 e. The highest BCUT2D eigenvalue weighted by atomic mass is 32.1. The zero-order valence-electron chi connectivity index (χ0n) is 16.8. The second-order valence-corrected chi connectivity index (χ2v) is 8.14. The van der Waals surface area contributed by atoms with Crippen LogP contribution in [0.1, 0.15) is 30.1 Å². The highest BCUT2D eigenvalue weighted by molar-refractivity contribution is 7.13. The van der Waals surface area contributed by atoms with Crippen molar-refractivity contribution in [3.05, 3.63) is 65.2 Å². The monoisotopic (exact) mass is 424 g/mol. The van der Waals surface area contributed by atoms with E-state index in [0.717, 1.165) is 34.8 Å². The average molecular weight is 425 g/mol. The number of nitrogens with one attached hydrogen (secondary N) is 1. The molecule has 3 heterocycles. The molecule has 3 aromatic rings. The van der Waals surface area contributed by atoms with E-state index in [-0.39, 0.29) is 18.4 Å². The summed E-state index contributed by atoms with van der Waals surface area (Å²) in [5.74, 6) is -0.362. The SMILES string of the molecule is COC(=O)CC(NC(=O)N1CCCn2nc(-c3cccs3)cc2C1)c1ccccc1. The first-order chi connectivity index (χ1) is 14.6. The molecular formula is C22H24N4O3S. The van der Waals surface area contributed by atoms with Crippen molar-refractivity contribution in [3.8, 4) is 10.6 Å². The number of rotatable bonds is 5. The number of amides is 2. The van der Waals surface area contributed by atoms with Crippen LogP contribution in [-0.4, -0.2) is 40.3 Å². The summed E-state index contributed by atoms with van der Waals surface area (Å²) in [6.07, 6.45) is 0.902. The van der Waals surface area contributed by atoms with E-state index >= 15 is 0 Å². The molecule has 156 valence electrons. The zero-order chi connectivity index (χ0) is 20.9. The largest absolute Gasteiger partial charge is 0.469 e. The highest BCUT2D eigenvalue weighted by Crippen LogP contribution is 2.26. The molecule has 0 bridgehead atoms. The molecular weight excluding hydrogens is 400 g/mol. The van der Waals surface area contributed by atoms with Crippen molar-refractivity contribution in [2.45, 2.75) is 32.0 Å². The number of aromatic nitrogens is 2. The van der Waals surface area contributed by atoms with Crippen LogP contribution in [0.5, 0.6) is 0 Å². The van der Waals surface area contributed by atoms with Gasteiger partial charge < -0.3 is 15.0 Å². The quantitative estimate of drug-likeness (QED) is 0.632. The summed E-state index contributed by atoms with van der Waals surface area (Å²) in [7, 11) is 1.35. The maximum atomic E-state index is 13.1. The fourth-order valence-corrected chi connectivity index (χ4v) is 4.29. The van der Waals surface area contributed by atoms with Gasteiger partial charge in [-0.25, -0.2) is 4.79 Å². The molecule has 1 aromatic carbocycles. The smallest absolute Gasteiger partial charge is 0.318 e. The van der Waals surface area contributed by atoms with Gasteiger partial charge in [0.25, 0.3) is 0 Å². The highest BCUT2D eigenvalue weighted by Gasteiger charge is 2.25. The number of nitrogens with zero attached hydrogens (tertiary/aromatic N) is 3. The lowest BCUT2D eigenvalue weighted by atomic mass is 10.0. The van der Waals surface area contributed by atoms with E-state index in [4.69, 9.17) is 9.84 Å². The van der Waals surface area contributed by atoms with Crippen LogP contribution in [0.15, 0.2) is 53.9 Å². The average Bonchev–Trinajstić information content (AvgIpc) is 3.39. The molecule has 0 saturated carbocycles. The zero-order valence-corrected chi connectivity index (χ0v) is 17.6. The lowest BCUT2D eigenvalue weighted by molar-refractivity contribution is -0.141. The molecule has 7 nitrogen and oxygen atoms in total. The Labute approximate surface area is 179 Å². The van der Waals surface area contributed by atoms with Gasteiger partial charge in [-0.2, -0.15) is 5.10 Å². The predicted octanol–water partition coefficient (Wildman–Crippen LogP) is 3.83. The van der Waals surface area contributed by atoms with Crippen molar-refractivity contribution in [3.63, 3.8) is 0 Å². The number of aryl methyl sites for hydroxylation is 1. The Morgan fingerprint density at radius 3 is 2.77 bits per heavy atom. The van der Waals surface area contributed by atoms with E-state index in [2.05, 4.69) is 17.4 Å². The van der Waals surface area contributed by atoms with Crippen LogP contribution >= 0.6 is 11.3 Å². The summed E-state index contributed by atoms with van der Waals surface area (Å²) in [5, 5.41) is 9.77. The van der Waals surface area contributed by atoms with Crippen LogP contribution in [0, 0.1) is 0 Å². The number of esters is 1. The second-order valence-electron chi connectivity index (χ2n) is 7.19. The molecule has 1 aliphatic rings. The number of hydrogen-bond acceptors (Lipinski definition) is 5. The third kappa shape index (κ3) is 4.54. The van der Waals surface area contributed by atoms with Crippen LogP contribution < -0.4 is 5.32 Å². The number of benzene rings is 1. The van der Waals surface area contributed by atoms with E-state index in [1.807, 2.05) is 46.5 Å². The number of hydrogen-bond donors (Lipinski definition) is 1. The molecule has 0 saturated heterocycles. The molecule has 0 spiro atoms. The third-order valence-electron chi connectivity index (χ3n) is 5.17. The Morgan fingerprint density at radius 1 is 1.20 bits per heavy atom. The van der Waals surface area contributed by atoms with Crippen LogP contribution in [0.25, 0.3) is 10.6 Å². The first kappa shape index (κ1) is 20.2. The number of carbonyl (C=O) groups is 2. The summed E-state index contributed by atoms with van der Waals surface area (Å²) in [6.45, 7) is 1.88. The van der Waals surface area contributed by atoms with E-state index in [9.17, 15) is 9.59 Å². The van der Waals surface area contributed by atoms with Crippen LogP contribution in [0.4, 0.5) is 4.79 Å². The van der Waals surface area contributed by atoms with E-state index < -0.39 is 6.04 Å². The van der Waals surface area contributed by atoms with Crippen LogP contribution in [-0.2, 0) is 22.6 Å². The molecule has 1 atom stereocenters. The van der Waals surface area contributed by atoms with Crippen molar-refractivity contribution in [1.29, 1.82) is 0 Å². The van der Waals surface area contributed by atoms with E-state index in [0.29, 0.717) is 13.1 Å². The molecule has 0 fully saturated rings. The molecule has 2 amide bonds. The fraction of sp³-hybridized carbons (Fsp3) is 0.318. The Balaban J connectivity index is 1.50. The minimum absolute atomic E-state index is 0.0839. The normalized spacial score (nSPS) is 14.5. The summed E-state index contributed by atoms with van der Waals surface area (Å²) < 4.78 is 6.81. The minimum Gasteiger partial charge on any atom is -0.469 e. The van der Waals surface area contributed by atoms with Gasteiger partial charge in [-0.1, -0.05) is 36.4 Å². The number of urea groups is 1. The van der Waals surface area contributed by atoms with Gasteiger partial charge in [0.1, 0.15) is 5.69 Å². The van der Waals surface area contributed by atoms with E-state index in [1.54, 1.807) is 16.2 Å². The molecule has 8 heteroatoms. The maximum absolute atomic E-state index is 13.1. The minimum atomic E-state index is -0.444. The second kappa shape index (κ2) is 9.13. The van der Waals surface area contributed by atoms with Crippen molar-refractivity contribution >= 4 is 23.3 Å². The van der Waals surface area contributed by atoms with Crippen molar-refractivity contribution in [2.75, 3.05) is 13.7 Å². The summed E-state index contributed by atoms with van der Waals surface area (Å²) >= 11 is 1.65. The Bertz CT molecular complexity index is 1000. The topological polar surface area (TPSA) is 76.5 Å². The first-order valence-corrected chi connectivity index (χ1v) is 10.8. The van der Waals surface area contributed by atoms with Crippen molar-refractivity contribution in [1.82, 2.24) is 20.0 Å². The fourth-order valence-electron chi connectivity index (χ4n) is 3.61.